The molecule has 4 N–H and O–H groups in total. The Labute approximate surface area is 113 Å². The maximum Gasteiger partial charge on any atom is 0.238 e. The highest BCUT2D eigenvalue weighted by atomic mass is 32.2. The maximum atomic E-state index is 11.4. The van der Waals surface area contributed by atoms with Gasteiger partial charge in [0.1, 0.15) is 0 Å². The van der Waals surface area contributed by atoms with Gasteiger partial charge in [0.25, 0.3) is 0 Å². The molecule has 1 heterocycles. The monoisotopic (exact) mass is 285 g/mol. The zero-order chi connectivity index (χ0) is 14.2. The van der Waals surface area contributed by atoms with Crippen molar-refractivity contribution in [2.75, 3.05) is 23.7 Å². The first-order chi connectivity index (χ1) is 8.75. The Kier molecular flexibility index (Phi) is 3.71. The van der Waals surface area contributed by atoms with Gasteiger partial charge in [-0.2, -0.15) is 0 Å². The Morgan fingerprint density at radius 1 is 1.21 bits per heavy atom. The number of nitrogens with zero attached hydrogens (tertiary/aromatic N) is 1. The van der Waals surface area contributed by atoms with E-state index in [4.69, 9.17) is 15.6 Å². The minimum Gasteiger partial charge on any atom is -0.399 e. The maximum absolute atomic E-state index is 11.4. The summed E-state index contributed by atoms with van der Waals surface area (Å²) in [5.74, 6) is 0. The van der Waals surface area contributed by atoms with Crippen molar-refractivity contribution < 1.29 is 13.2 Å². The van der Waals surface area contributed by atoms with Crippen molar-refractivity contribution >= 4 is 21.4 Å². The third kappa shape index (κ3) is 3.37. The summed E-state index contributed by atoms with van der Waals surface area (Å²) in [7, 11) is -3.75. The second kappa shape index (κ2) is 4.99. The number of hydrogen-bond donors (Lipinski definition) is 2. The molecule has 2 rings (SSSR count). The molecule has 0 bridgehead atoms. The molecule has 0 saturated carbocycles. The average Bonchev–Trinajstić information content (AvgIpc) is 2.25. The van der Waals surface area contributed by atoms with Crippen molar-refractivity contribution in [2.45, 2.75) is 31.0 Å². The van der Waals surface area contributed by atoms with E-state index in [1.807, 2.05) is 13.8 Å². The SMILES string of the molecule is C[C@@H]1CN(c2cc(N)cc(S(N)(=O)=O)c2)C[C@H](C)O1. The number of sulfonamides is 1. The Balaban J connectivity index is 2.37. The van der Waals surface area contributed by atoms with Crippen LogP contribution in [0.1, 0.15) is 13.8 Å². The van der Waals surface area contributed by atoms with Gasteiger partial charge in [0.2, 0.25) is 10.0 Å². The fourth-order valence-electron chi connectivity index (χ4n) is 2.34. The number of morpholine rings is 1. The lowest BCUT2D eigenvalue weighted by atomic mass is 10.2. The molecular weight excluding hydrogens is 266 g/mol. The van der Waals surface area contributed by atoms with E-state index in [1.165, 1.54) is 6.07 Å². The minimum absolute atomic E-state index is 0.0364. The highest BCUT2D eigenvalue weighted by molar-refractivity contribution is 7.89. The molecule has 2 atom stereocenters. The third-order valence-electron chi connectivity index (χ3n) is 3.03. The smallest absolute Gasteiger partial charge is 0.238 e. The molecule has 7 heteroatoms. The van der Waals surface area contributed by atoms with E-state index in [-0.39, 0.29) is 17.1 Å². The molecule has 106 valence electrons. The first kappa shape index (κ1) is 14.1. The average molecular weight is 285 g/mol. The lowest BCUT2D eigenvalue weighted by Crippen LogP contribution is -2.45. The summed E-state index contributed by atoms with van der Waals surface area (Å²) in [5, 5.41) is 5.15. The van der Waals surface area contributed by atoms with Crippen LogP contribution < -0.4 is 15.8 Å². The molecule has 19 heavy (non-hydrogen) atoms. The second-order valence-electron chi connectivity index (χ2n) is 4.97. The van der Waals surface area contributed by atoms with Crippen LogP contribution in [0.3, 0.4) is 0 Å². The lowest BCUT2D eigenvalue weighted by Gasteiger charge is -2.37. The normalized spacial score (nSPS) is 24.5. The number of ether oxygens (including phenoxy) is 1. The standard InChI is InChI=1S/C12H19N3O3S/c1-8-6-15(7-9(2)18-8)11-3-10(13)4-12(5-11)19(14,16)17/h3-5,8-9H,6-7,13H2,1-2H3,(H2,14,16,17)/t8-,9+. The van der Waals surface area contributed by atoms with Gasteiger partial charge < -0.3 is 15.4 Å². The molecule has 1 aromatic carbocycles. The second-order valence-corrected chi connectivity index (χ2v) is 6.53. The van der Waals surface area contributed by atoms with Crippen molar-refractivity contribution in [1.29, 1.82) is 0 Å². The van der Waals surface area contributed by atoms with Gasteiger partial charge in [-0.05, 0) is 32.0 Å². The van der Waals surface area contributed by atoms with Crippen molar-refractivity contribution in [3.8, 4) is 0 Å². The number of rotatable bonds is 2. The zero-order valence-electron chi connectivity index (χ0n) is 11.0. The van der Waals surface area contributed by atoms with Gasteiger partial charge in [-0.1, -0.05) is 0 Å². The highest BCUT2D eigenvalue weighted by Crippen LogP contribution is 2.25. The van der Waals surface area contributed by atoms with Crippen LogP contribution in [0.25, 0.3) is 0 Å². The molecule has 1 aliphatic rings. The van der Waals surface area contributed by atoms with Gasteiger partial charge in [0, 0.05) is 24.5 Å². The Bertz CT molecular complexity index is 564. The van der Waals surface area contributed by atoms with E-state index >= 15 is 0 Å². The van der Waals surface area contributed by atoms with Gasteiger partial charge in [-0.3, -0.25) is 0 Å². The van der Waals surface area contributed by atoms with Gasteiger partial charge in [0.05, 0.1) is 17.1 Å². The summed E-state index contributed by atoms with van der Waals surface area (Å²) in [6.45, 7) is 5.35. The van der Waals surface area contributed by atoms with Gasteiger partial charge in [-0.15, -0.1) is 0 Å². The van der Waals surface area contributed by atoms with Crippen LogP contribution in [0.5, 0.6) is 0 Å². The number of hydrogen-bond acceptors (Lipinski definition) is 5. The van der Waals surface area contributed by atoms with Crippen LogP contribution in [0, 0.1) is 0 Å². The van der Waals surface area contributed by atoms with Crippen molar-refractivity contribution in [1.82, 2.24) is 0 Å². The minimum atomic E-state index is -3.75. The molecule has 0 spiro atoms. The predicted molar refractivity (Wildman–Crippen MR) is 74.4 cm³/mol. The molecule has 1 fully saturated rings. The number of nitrogens with two attached hydrogens (primary N) is 2. The summed E-state index contributed by atoms with van der Waals surface area (Å²) >= 11 is 0. The van der Waals surface area contributed by atoms with Crippen molar-refractivity contribution in [2.24, 2.45) is 5.14 Å². The fourth-order valence-corrected chi connectivity index (χ4v) is 2.93. The van der Waals surface area contributed by atoms with Crippen molar-refractivity contribution in [3.05, 3.63) is 18.2 Å². The molecule has 0 unspecified atom stereocenters. The molecule has 0 radical (unpaired) electrons. The molecule has 1 aromatic rings. The molecule has 6 nitrogen and oxygen atoms in total. The van der Waals surface area contributed by atoms with Gasteiger partial charge in [-0.25, -0.2) is 13.6 Å². The first-order valence-corrected chi connectivity index (χ1v) is 7.64. The lowest BCUT2D eigenvalue weighted by molar-refractivity contribution is -0.00522. The quantitative estimate of drug-likeness (QED) is 0.772. The van der Waals surface area contributed by atoms with Crippen LogP contribution in [-0.2, 0) is 14.8 Å². The summed E-state index contributed by atoms with van der Waals surface area (Å²) in [6, 6.07) is 4.67. The van der Waals surface area contributed by atoms with Crippen LogP contribution >= 0.6 is 0 Å². The third-order valence-corrected chi connectivity index (χ3v) is 3.92. The van der Waals surface area contributed by atoms with Crippen LogP contribution in [0.4, 0.5) is 11.4 Å². The van der Waals surface area contributed by atoms with E-state index in [1.54, 1.807) is 12.1 Å². The number of anilines is 2. The summed E-state index contributed by atoms with van der Waals surface area (Å²) < 4.78 is 28.5. The Hall–Kier alpha value is -1.31. The molecule has 0 amide bonds. The Morgan fingerprint density at radius 3 is 2.32 bits per heavy atom. The zero-order valence-corrected chi connectivity index (χ0v) is 11.9. The molecule has 0 aromatic heterocycles. The van der Waals surface area contributed by atoms with Crippen LogP contribution in [0.15, 0.2) is 23.1 Å². The Morgan fingerprint density at radius 2 is 1.79 bits per heavy atom. The van der Waals surface area contributed by atoms with E-state index in [0.29, 0.717) is 18.8 Å². The summed E-state index contributed by atoms with van der Waals surface area (Å²) in [6.07, 6.45) is 0.172. The van der Waals surface area contributed by atoms with E-state index in [2.05, 4.69) is 4.90 Å². The fraction of sp³-hybridized carbons (Fsp3) is 0.500. The predicted octanol–water partition coefficient (Wildman–Crippen LogP) is 0.530. The topological polar surface area (TPSA) is 98.6 Å². The highest BCUT2D eigenvalue weighted by Gasteiger charge is 2.23. The number of primary sulfonamides is 1. The van der Waals surface area contributed by atoms with E-state index in [9.17, 15) is 8.42 Å². The van der Waals surface area contributed by atoms with E-state index in [0.717, 1.165) is 5.69 Å². The summed E-state index contributed by atoms with van der Waals surface area (Å²) in [5.41, 5.74) is 6.89. The molecule has 0 aliphatic carbocycles. The van der Waals surface area contributed by atoms with Gasteiger partial charge in [0.15, 0.2) is 0 Å². The summed E-state index contributed by atoms with van der Waals surface area (Å²) in [4.78, 5) is 2.10. The van der Waals surface area contributed by atoms with Crippen LogP contribution in [-0.4, -0.2) is 33.7 Å². The molecule has 1 aliphatic heterocycles. The number of benzene rings is 1. The molecular formula is C12H19N3O3S. The number of nitrogen functional groups attached to an aromatic ring is 1. The van der Waals surface area contributed by atoms with Crippen molar-refractivity contribution in [3.63, 3.8) is 0 Å². The van der Waals surface area contributed by atoms with Gasteiger partial charge >= 0.3 is 0 Å². The molecule has 1 saturated heterocycles. The largest absolute Gasteiger partial charge is 0.399 e. The van der Waals surface area contributed by atoms with Crippen LogP contribution in [0.2, 0.25) is 0 Å². The van der Waals surface area contributed by atoms with E-state index < -0.39 is 10.0 Å². The first-order valence-electron chi connectivity index (χ1n) is 6.09.